The van der Waals surface area contributed by atoms with Crippen LogP contribution in [0.25, 0.3) is 10.9 Å². The van der Waals surface area contributed by atoms with Gasteiger partial charge in [0.2, 0.25) is 76.8 Å². The molecular weight excluding hydrogens is 1800 g/mol. The maximum atomic E-state index is 15.9. The normalized spacial score (nSPS) is 19.8. The first-order valence-electron chi connectivity index (χ1n) is 44.3. The van der Waals surface area contributed by atoms with Gasteiger partial charge in [-0.15, -0.1) is 0 Å². The first-order valence-corrected chi connectivity index (χ1v) is 46.8. The third-order valence-corrected chi connectivity index (χ3v) is 23.6. The Labute approximate surface area is 787 Å². The van der Waals surface area contributed by atoms with Crippen molar-refractivity contribution < 1.29 is 92.3 Å². The van der Waals surface area contributed by atoms with E-state index in [2.05, 4.69) is 95.4 Å². The fourth-order valence-electron chi connectivity index (χ4n) is 13.9. The lowest BCUT2D eigenvalue weighted by molar-refractivity contribution is -0.142. The van der Waals surface area contributed by atoms with Crippen molar-refractivity contribution >= 4 is 145 Å². The summed E-state index contributed by atoms with van der Waals surface area (Å²) in [7, 11) is 1.47. The molecule has 13 amide bonds. The second-order valence-electron chi connectivity index (χ2n) is 32.0. The van der Waals surface area contributed by atoms with E-state index in [1.807, 2.05) is 0 Å². The molecule has 1 aliphatic rings. The smallest absolute Gasteiger partial charge is 0.326 e. The van der Waals surface area contributed by atoms with Gasteiger partial charge in [-0.25, -0.2) is 4.79 Å². The molecule has 4 aromatic rings. The van der Waals surface area contributed by atoms with Gasteiger partial charge in [-0.2, -0.15) is 0 Å². The van der Waals surface area contributed by atoms with Crippen molar-refractivity contribution in [2.75, 3.05) is 63.9 Å². The van der Waals surface area contributed by atoms with Crippen molar-refractivity contribution in [1.82, 2.24) is 95.4 Å². The standard InChI is InChI=1S/C84H132N30O19S2/c85-32-6-3-16-54-69(121)102-43-66(117)103-61(39-46-22-26-49(115)27-23-46)75(127)108-57(19-10-36-98-82(91)92)71(123)107-56(18-5-8-34-87)73(125)113-64(78(130)110-60(80(132)133)21-12-38-100-84(95)96)44-134-135-45-65(79(131)111-62(40-47-24-28-50(116)29-25-47)76(128)109-58(20-11-37-99-83(93)94)72(124)106-55(70(122)105-54)17-4-7-33-86)114-77(129)63(41-48-42-101-53-15-2-1-13-51(48)53)112-74(126)59(30-31-67(118)119)104-68(120)52(88)14-9-35-97-81(89)90/h1-2,13,15,22-29,42,52,54-65,101,115-116H,3-12,14,16-21,30-41,43-45,85-88H2,(H,102,121)(H,103,117)(H,104,120)(H,105,122)(H,106,124)(H,107,123)(H,108,127)(H,109,128)(H,110,130)(H,111,131)(H,112,126)(H,113,125)(H,114,129)(H,118,119)(H,132,133)(H4,89,90,97)(H4,91,92,98)(H4,93,94,99)(H4,95,96,100)/t52-,54-,55-,56-,57-,58-,59-,60-,61-,62-,63-,64-,65-/m0/s1. The molecule has 0 radical (unpaired) electrons. The topological polar surface area (TPSA) is 861 Å². The SMILES string of the molecule is N=C(N)NCCC[C@H](NC(=O)[C@@H]1CSSC[C@H](NC(=O)[C@H](Cc2c[nH]c3ccccc23)NC(=O)[C@H](CCC(=O)O)NC(=O)[C@@H](N)CCCNC(=N)N)C(=O)N[C@@H](Cc2ccc(O)cc2)C(=O)N[C@@H](CCCNC(=N)N)C(=O)N[C@@H](CCCCN)C(=O)N[C@@H](CCCCN)C(=O)NCC(=O)N[C@@H](Cc2ccc(O)cc2)C(=O)N[C@@H](CCCNC(=N)N)C(=O)N[C@@H](CCCCN)C(=O)N1)C(=O)O. The number of nitrogens with one attached hydrogen (secondary N) is 22. The molecular formula is C84H132N30O19S2. The van der Waals surface area contributed by atoms with Gasteiger partial charge in [0.1, 0.15) is 84.0 Å². The highest BCUT2D eigenvalue weighted by atomic mass is 33.1. The quantitative estimate of drug-likeness (QED) is 0.00847. The summed E-state index contributed by atoms with van der Waals surface area (Å²) in [5, 5.41) is 117. The van der Waals surface area contributed by atoms with Crippen molar-refractivity contribution in [2.24, 2.45) is 45.9 Å². The number of rotatable bonds is 46. The zero-order chi connectivity index (χ0) is 99.5. The number of aliphatic carboxylic acids is 2. The molecule has 1 aliphatic heterocycles. The molecule has 0 aliphatic carbocycles. The number of guanidine groups is 4. The fraction of sp³-hybridized carbons (Fsp3) is 0.536. The van der Waals surface area contributed by atoms with Crippen LogP contribution in [0.1, 0.15) is 139 Å². The number of carboxylic acid groups (broad SMARTS) is 2. The van der Waals surface area contributed by atoms with E-state index in [1.54, 1.807) is 24.3 Å². The third-order valence-electron chi connectivity index (χ3n) is 21.2. The second kappa shape index (κ2) is 60.6. The molecule has 49 nitrogen and oxygen atoms in total. The number of unbranched alkanes of at least 4 members (excludes halogenated alkanes) is 3. The zero-order valence-electron chi connectivity index (χ0n) is 75.0. The number of para-hydroxylation sites is 1. The van der Waals surface area contributed by atoms with Gasteiger partial charge in [-0.05, 0) is 182 Å². The summed E-state index contributed by atoms with van der Waals surface area (Å²) in [4.78, 5) is 223. The molecule has 0 saturated carbocycles. The molecule has 0 bridgehead atoms. The van der Waals surface area contributed by atoms with Crippen LogP contribution in [0.3, 0.4) is 0 Å². The monoisotopic (exact) mass is 1930 g/mol. The molecule has 5 rings (SSSR count). The van der Waals surface area contributed by atoms with Crippen LogP contribution >= 0.6 is 21.6 Å². The molecule has 0 unspecified atom stereocenters. The maximum absolute atomic E-state index is 15.9. The lowest BCUT2D eigenvalue weighted by atomic mass is 10.0. The predicted octanol–water partition coefficient (Wildman–Crippen LogP) is -6.35. The Morgan fingerprint density at radius 2 is 0.852 bits per heavy atom. The highest BCUT2D eigenvalue weighted by molar-refractivity contribution is 8.76. The van der Waals surface area contributed by atoms with Crippen molar-refractivity contribution in [3.63, 3.8) is 0 Å². The number of amides is 13. The summed E-state index contributed by atoms with van der Waals surface area (Å²) in [5.41, 5.74) is 47.8. The van der Waals surface area contributed by atoms with Gasteiger partial charge in [0.05, 0.1) is 12.6 Å². The summed E-state index contributed by atoms with van der Waals surface area (Å²) in [6, 6.07) is -3.93. The van der Waals surface area contributed by atoms with Crippen LogP contribution in [-0.2, 0) is 91.2 Å². The lowest BCUT2D eigenvalue weighted by Gasteiger charge is -2.28. The number of benzene rings is 3. The number of H-pyrrole nitrogens is 1. The van der Waals surface area contributed by atoms with E-state index < -0.39 is 229 Å². The van der Waals surface area contributed by atoms with Crippen molar-refractivity contribution in [3.8, 4) is 11.5 Å². The summed E-state index contributed by atoms with van der Waals surface area (Å²) < 4.78 is 0. The van der Waals surface area contributed by atoms with Crippen LogP contribution in [-0.4, -0.2) is 280 Å². The number of fused-ring (bicyclic) bond motifs is 1. The molecule has 2 heterocycles. The van der Waals surface area contributed by atoms with E-state index in [-0.39, 0.29) is 172 Å². The van der Waals surface area contributed by atoms with Crippen molar-refractivity contribution in [2.45, 2.75) is 220 Å². The van der Waals surface area contributed by atoms with Gasteiger partial charge in [0.25, 0.3) is 0 Å². The van der Waals surface area contributed by atoms with Gasteiger partial charge in [0, 0.05) is 80.5 Å². The molecule has 3 aromatic carbocycles. The first-order chi connectivity index (χ1) is 64.4. The molecule has 51 heteroatoms. The number of carbonyl (C=O) groups excluding carboxylic acids is 13. The second-order valence-corrected chi connectivity index (χ2v) is 34.6. The van der Waals surface area contributed by atoms with Gasteiger partial charge in [-0.1, -0.05) is 64.1 Å². The summed E-state index contributed by atoms with van der Waals surface area (Å²) >= 11 is 0. The van der Waals surface area contributed by atoms with Crippen LogP contribution in [0.4, 0.5) is 0 Å². The lowest BCUT2D eigenvalue weighted by Crippen LogP contribution is -2.61. The average Bonchev–Trinajstić information content (AvgIpc) is 1.70. The Kier molecular flexibility index (Phi) is 50.3. The van der Waals surface area contributed by atoms with Crippen LogP contribution in [0, 0.1) is 21.6 Å². The molecule has 744 valence electrons. The van der Waals surface area contributed by atoms with Gasteiger partial charge in [-0.3, -0.25) is 88.8 Å². The minimum Gasteiger partial charge on any atom is -0.508 e. The number of aromatic hydroxyl groups is 2. The van der Waals surface area contributed by atoms with Crippen molar-refractivity contribution in [3.05, 3.63) is 95.7 Å². The van der Waals surface area contributed by atoms with Crippen LogP contribution in [0.15, 0.2) is 79.0 Å². The molecule has 13 atom stereocenters. The van der Waals surface area contributed by atoms with Gasteiger partial charge < -0.3 is 162 Å². The Hall–Kier alpha value is -13.5. The molecule has 0 spiro atoms. The minimum atomic E-state index is -1.92. The first kappa shape index (κ1) is 112. The zero-order valence-corrected chi connectivity index (χ0v) is 76.6. The summed E-state index contributed by atoms with van der Waals surface area (Å²) in [5.74, 6) is -19.9. The minimum absolute atomic E-state index is 0.000108. The van der Waals surface area contributed by atoms with Crippen LogP contribution in [0.5, 0.6) is 11.5 Å². The Bertz CT molecular complexity index is 4630. The average molecular weight is 1930 g/mol. The van der Waals surface area contributed by atoms with Crippen LogP contribution < -0.4 is 136 Å². The van der Waals surface area contributed by atoms with E-state index in [4.69, 9.17) is 67.5 Å². The Balaban J connectivity index is 1.80. The van der Waals surface area contributed by atoms with E-state index in [0.717, 1.165) is 21.6 Å². The van der Waals surface area contributed by atoms with Crippen molar-refractivity contribution in [1.29, 1.82) is 21.6 Å². The fourth-order valence-corrected chi connectivity index (χ4v) is 16.2. The Morgan fingerprint density at radius 1 is 0.437 bits per heavy atom. The molecule has 1 saturated heterocycles. The van der Waals surface area contributed by atoms with E-state index in [0.29, 0.717) is 34.9 Å². The number of aromatic nitrogens is 1. The maximum Gasteiger partial charge on any atom is 0.326 e. The largest absolute Gasteiger partial charge is 0.508 e. The molecule has 135 heavy (non-hydrogen) atoms. The van der Waals surface area contributed by atoms with Crippen LogP contribution in [0.2, 0.25) is 0 Å². The Morgan fingerprint density at radius 3 is 1.32 bits per heavy atom. The molecule has 1 fully saturated rings. The number of carbonyl (C=O) groups is 15. The number of hydrogen-bond acceptors (Lipinski definition) is 27. The third kappa shape index (κ3) is 42.9. The molecule has 42 N–H and O–H groups in total. The summed E-state index contributed by atoms with van der Waals surface area (Å²) in [6.07, 6.45) is -0.713. The predicted molar refractivity (Wildman–Crippen MR) is 505 cm³/mol. The number of hydrogen-bond donors (Lipinski definition) is 34. The number of carboxylic acids is 2. The summed E-state index contributed by atoms with van der Waals surface area (Å²) in [6.45, 7) is -0.550. The number of nitrogens with two attached hydrogens (primary N) is 8. The molecule has 1 aromatic heterocycles. The number of phenolic OH excluding ortho intramolecular Hbond substituents is 2. The highest BCUT2D eigenvalue weighted by Gasteiger charge is 2.39. The van der Waals surface area contributed by atoms with Gasteiger partial charge in [0.15, 0.2) is 23.8 Å². The van der Waals surface area contributed by atoms with E-state index in [9.17, 15) is 63.6 Å². The van der Waals surface area contributed by atoms with E-state index >= 15 is 28.8 Å². The van der Waals surface area contributed by atoms with E-state index in [1.165, 1.54) is 54.7 Å². The van der Waals surface area contributed by atoms with Gasteiger partial charge >= 0.3 is 11.9 Å². The highest BCUT2D eigenvalue weighted by Crippen LogP contribution is 2.26. The number of phenols is 2. The number of aromatic amines is 1.